The Morgan fingerprint density at radius 2 is 1.76 bits per heavy atom. The molecule has 5 aromatic rings. The number of ether oxygens (including phenoxy) is 4. The molecule has 0 bridgehead atoms. The number of nitrogens with zero attached hydrogens (tertiary/aromatic N) is 4. The van der Waals surface area contributed by atoms with Crippen molar-refractivity contribution in [1.82, 2.24) is 40.4 Å². The lowest BCUT2D eigenvalue weighted by molar-refractivity contribution is -0.145. The first-order valence-electron chi connectivity index (χ1n) is 21.4. The second-order valence-corrected chi connectivity index (χ2v) is 18.0. The Labute approximate surface area is 370 Å². The third-order valence-corrected chi connectivity index (χ3v) is 13.6. The molecule has 7 atom stereocenters. The number of piperidine rings is 1. The fraction of sp³-hybridized carbons (Fsp3) is 0.478. The van der Waals surface area contributed by atoms with Crippen molar-refractivity contribution in [2.75, 3.05) is 21.3 Å². The summed E-state index contributed by atoms with van der Waals surface area (Å²) in [5.41, 5.74) is 5.47. The molecule has 5 heterocycles. The summed E-state index contributed by atoms with van der Waals surface area (Å²) >= 11 is 6.85. The van der Waals surface area contributed by atoms with Crippen molar-refractivity contribution in [1.29, 1.82) is 0 Å². The molecule has 0 unspecified atom stereocenters. The van der Waals surface area contributed by atoms with E-state index in [0.717, 1.165) is 74.9 Å². The van der Waals surface area contributed by atoms with Gasteiger partial charge in [-0.15, -0.1) is 0 Å². The van der Waals surface area contributed by atoms with Crippen molar-refractivity contribution in [2.45, 2.75) is 116 Å². The molecule has 3 aromatic carbocycles. The number of nitrogens with one attached hydrogen (secondary N) is 4. The van der Waals surface area contributed by atoms with E-state index in [-0.39, 0.29) is 29.9 Å². The van der Waals surface area contributed by atoms with Gasteiger partial charge in [0.2, 0.25) is 11.8 Å². The molecule has 8 rings (SSSR count). The summed E-state index contributed by atoms with van der Waals surface area (Å²) < 4.78 is 21.6. The predicted molar refractivity (Wildman–Crippen MR) is 237 cm³/mol. The number of rotatable bonds is 11. The molecule has 0 aliphatic carbocycles. The summed E-state index contributed by atoms with van der Waals surface area (Å²) in [6, 6.07) is 11.6. The molecule has 2 aromatic heterocycles. The zero-order valence-corrected chi connectivity index (χ0v) is 37.8. The fourth-order valence-electron chi connectivity index (χ4n) is 9.68. The number of H-pyrrole nitrogens is 2. The third-order valence-electron chi connectivity index (χ3n) is 13.3. The molecular formula is C46H55ClN8O8. The number of alkyl carbamates (subject to hydrolysis) is 2. The van der Waals surface area contributed by atoms with Gasteiger partial charge < -0.3 is 49.3 Å². The first-order chi connectivity index (χ1) is 30.1. The topological polar surface area (TPSA) is 193 Å². The minimum absolute atomic E-state index is 0.0472. The van der Waals surface area contributed by atoms with Gasteiger partial charge in [-0.2, -0.15) is 0 Å². The summed E-state index contributed by atoms with van der Waals surface area (Å²) in [5.74, 6) is 1.48. The minimum atomic E-state index is -1.00. The molecule has 3 aliphatic heterocycles. The van der Waals surface area contributed by atoms with Crippen LogP contribution in [-0.2, 0) is 30.4 Å². The zero-order chi connectivity index (χ0) is 45.1. The van der Waals surface area contributed by atoms with Crippen molar-refractivity contribution < 1.29 is 38.1 Å². The van der Waals surface area contributed by atoms with E-state index in [2.05, 4.69) is 38.8 Å². The van der Waals surface area contributed by atoms with Crippen LogP contribution in [0.3, 0.4) is 0 Å². The number of fused-ring (bicyclic) bond motifs is 7. The molecule has 4 N–H and O–H groups in total. The van der Waals surface area contributed by atoms with Gasteiger partial charge in [0.15, 0.2) is 0 Å². The van der Waals surface area contributed by atoms with Crippen molar-refractivity contribution in [3.8, 4) is 28.1 Å². The van der Waals surface area contributed by atoms with Crippen LogP contribution in [0.15, 0.2) is 42.5 Å². The van der Waals surface area contributed by atoms with E-state index in [1.165, 1.54) is 21.3 Å². The Bertz CT molecular complexity index is 2610. The van der Waals surface area contributed by atoms with Crippen molar-refractivity contribution in [2.24, 2.45) is 5.41 Å². The van der Waals surface area contributed by atoms with E-state index in [4.69, 9.17) is 40.5 Å². The van der Waals surface area contributed by atoms with Crippen molar-refractivity contribution in [3.05, 3.63) is 64.8 Å². The van der Waals surface area contributed by atoms with Gasteiger partial charge in [-0.1, -0.05) is 50.6 Å². The first kappa shape index (κ1) is 43.8. The maximum Gasteiger partial charge on any atom is 0.407 e. The SMILES string of the molecule is CC[C@H](C)N(C(=O)[C@@H](NC(=O)OC)[C@@H](C)OC)[C@@H](C)c1nc(-c2ccc3c(c2)COc2cc4c(ccc5[nH]c([C@@H]6CC[C@@H]7CC(C)(C)[C@H](NC(=O)OC)C(=O)N76)nc54)cc2-3)c(Cl)[nH]1. The van der Waals surface area contributed by atoms with E-state index >= 15 is 0 Å². The lowest BCUT2D eigenvalue weighted by Gasteiger charge is -2.46. The number of halogens is 1. The van der Waals surface area contributed by atoms with Crippen LogP contribution in [0, 0.1) is 5.41 Å². The number of benzene rings is 3. The van der Waals surface area contributed by atoms with E-state index in [1.807, 2.05) is 63.8 Å². The highest BCUT2D eigenvalue weighted by Crippen LogP contribution is 2.47. The Morgan fingerprint density at radius 3 is 2.48 bits per heavy atom. The highest BCUT2D eigenvalue weighted by molar-refractivity contribution is 6.32. The summed E-state index contributed by atoms with van der Waals surface area (Å²) in [7, 11) is 4.02. The second-order valence-electron chi connectivity index (χ2n) is 17.6. The van der Waals surface area contributed by atoms with Crippen LogP contribution in [0.4, 0.5) is 9.59 Å². The van der Waals surface area contributed by atoms with Crippen LogP contribution >= 0.6 is 11.6 Å². The molecule has 16 nitrogen and oxygen atoms in total. The third kappa shape index (κ3) is 7.81. The zero-order valence-electron chi connectivity index (χ0n) is 37.1. The molecule has 17 heteroatoms. The van der Waals surface area contributed by atoms with Crippen LogP contribution in [0.25, 0.3) is 44.2 Å². The van der Waals surface area contributed by atoms with Gasteiger partial charge >= 0.3 is 12.2 Å². The van der Waals surface area contributed by atoms with Gasteiger partial charge in [0.1, 0.15) is 46.9 Å². The summed E-state index contributed by atoms with van der Waals surface area (Å²) in [6.45, 7) is 11.9. The van der Waals surface area contributed by atoms with Crippen LogP contribution in [-0.4, -0.2) is 105 Å². The minimum Gasteiger partial charge on any atom is -0.488 e. The smallest absolute Gasteiger partial charge is 0.407 e. The molecule has 334 valence electrons. The summed E-state index contributed by atoms with van der Waals surface area (Å²) in [5, 5.41) is 7.67. The molecule has 0 saturated carbocycles. The quantitative estimate of drug-likeness (QED) is 0.101. The number of hydrogen-bond donors (Lipinski definition) is 4. The normalized spacial score (nSPS) is 20.8. The number of hydrogen-bond acceptors (Lipinski definition) is 10. The van der Waals surface area contributed by atoms with Crippen LogP contribution in [0.2, 0.25) is 5.15 Å². The molecule has 0 spiro atoms. The summed E-state index contributed by atoms with van der Waals surface area (Å²) in [4.78, 5) is 73.0. The predicted octanol–water partition coefficient (Wildman–Crippen LogP) is 7.95. The maximum atomic E-state index is 14.1. The highest BCUT2D eigenvalue weighted by Gasteiger charge is 2.52. The molecular weight excluding hydrogens is 828 g/mol. The Balaban J connectivity index is 1.06. The van der Waals surface area contributed by atoms with Gasteiger partial charge in [0.05, 0.1) is 43.4 Å². The van der Waals surface area contributed by atoms with Crippen molar-refractivity contribution >= 4 is 57.4 Å². The Morgan fingerprint density at radius 1 is 1.00 bits per heavy atom. The molecule has 3 aliphatic rings. The molecule has 2 fully saturated rings. The number of aromatic nitrogens is 4. The number of carbonyl (C=O) groups is 4. The van der Waals surface area contributed by atoms with Crippen LogP contribution < -0.4 is 15.4 Å². The van der Waals surface area contributed by atoms with Gasteiger partial charge in [-0.25, -0.2) is 19.6 Å². The summed E-state index contributed by atoms with van der Waals surface area (Å²) in [6.07, 6.45) is 1.02. The number of methoxy groups -OCH3 is 3. The van der Waals surface area contributed by atoms with E-state index in [0.29, 0.717) is 29.7 Å². The van der Waals surface area contributed by atoms with Crippen molar-refractivity contribution in [3.63, 3.8) is 0 Å². The largest absolute Gasteiger partial charge is 0.488 e. The Kier molecular flexibility index (Phi) is 11.8. The average Bonchev–Trinajstić information content (AvgIpc) is 4.02. The highest BCUT2D eigenvalue weighted by atomic mass is 35.5. The van der Waals surface area contributed by atoms with Gasteiger partial charge in [0, 0.05) is 35.7 Å². The molecule has 63 heavy (non-hydrogen) atoms. The number of amides is 4. The van der Waals surface area contributed by atoms with E-state index in [9.17, 15) is 19.2 Å². The van der Waals surface area contributed by atoms with E-state index in [1.54, 1.807) is 11.8 Å². The fourth-order valence-corrected chi connectivity index (χ4v) is 9.93. The molecule has 4 amide bonds. The van der Waals surface area contributed by atoms with Gasteiger partial charge in [0.25, 0.3) is 0 Å². The second kappa shape index (κ2) is 17.0. The monoisotopic (exact) mass is 882 g/mol. The lowest BCUT2D eigenvalue weighted by atomic mass is 9.74. The van der Waals surface area contributed by atoms with Crippen LogP contribution in [0.1, 0.15) is 96.5 Å². The standard InChI is InChI=1S/C46H55ClN8O8/c1-10-22(2)54(42(56)35(24(4)60-7)51-44(58)61-8)23(3)40-49-36(39(47)53-40)26-11-14-29-27(17-26)21-63-34-19-30-25(18-31(29)34)12-15-32-37(30)50-41(48-32)33-16-13-28-20-46(5,6)38(43(57)55(28)33)52-45(59)62-9/h11-12,14-15,17-19,22-24,28,33,35,38H,10,13,16,20-21H2,1-9H3,(H,48,50)(H,49,53)(H,51,58)(H,52,59)/t22-,23-,24+,28+,33-,35-,38+/m0/s1. The van der Waals surface area contributed by atoms with E-state index < -0.39 is 41.8 Å². The maximum absolute atomic E-state index is 14.1. The Hall–Kier alpha value is -5.87. The number of imidazole rings is 2. The van der Waals surface area contributed by atoms with Gasteiger partial charge in [-0.3, -0.25) is 9.59 Å². The lowest BCUT2D eigenvalue weighted by Crippen LogP contribution is -2.62. The first-order valence-corrected chi connectivity index (χ1v) is 21.8. The van der Waals surface area contributed by atoms with Crippen LogP contribution in [0.5, 0.6) is 5.75 Å². The number of aromatic amines is 2. The van der Waals surface area contributed by atoms with Gasteiger partial charge in [-0.05, 0) is 92.6 Å². The average molecular weight is 883 g/mol. The molecule has 0 radical (unpaired) electrons. The number of carbonyl (C=O) groups excluding carboxylic acids is 4. The molecule has 2 saturated heterocycles.